The summed E-state index contributed by atoms with van der Waals surface area (Å²) >= 11 is 0. The van der Waals surface area contributed by atoms with Crippen LogP contribution in [0.15, 0.2) is 79.1 Å². The summed E-state index contributed by atoms with van der Waals surface area (Å²) in [6, 6.07) is 18.6. The number of esters is 1. The Bertz CT molecular complexity index is 1580. The molecule has 188 valence electrons. The standard InChI is InChI=1S/C30H27F2N3O2/c1-2-37-30(36)29-13-18(24-16-33-26-14-19(31)8-10-22(24)26)12-28(35(29)21-6-4-3-5-7-21)25-17-34-27-15-20(32)9-11-23(25)27/h3-11,14-18,28-29,33-34H,2,12-13H2,1H3. The van der Waals surface area contributed by atoms with Gasteiger partial charge in [-0.1, -0.05) is 18.2 Å². The number of carbonyl (C=O) groups is 1. The highest BCUT2D eigenvalue weighted by Crippen LogP contribution is 2.47. The maximum absolute atomic E-state index is 14.0. The van der Waals surface area contributed by atoms with Crippen molar-refractivity contribution >= 4 is 33.5 Å². The number of aromatic nitrogens is 2. The van der Waals surface area contributed by atoms with Crippen LogP contribution in [0.25, 0.3) is 21.8 Å². The van der Waals surface area contributed by atoms with Crippen LogP contribution in [0.2, 0.25) is 0 Å². The number of piperidine rings is 1. The highest BCUT2D eigenvalue weighted by molar-refractivity contribution is 5.87. The Morgan fingerprint density at radius 1 is 0.892 bits per heavy atom. The smallest absolute Gasteiger partial charge is 0.328 e. The van der Waals surface area contributed by atoms with Gasteiger partial charge < -0.3 is 19.6 Å². The molecule has 3 atom stereocenters. The van der Waals surface area contributed by atoms with E-state index in [1.165, 1.54) is 24.3 Å². The zero-order valence-electron chi connectivity index (χ0n) is 20.4. The molecule has 1 aliphatic heterocycles. The van der Waals surface area contributed by atoms with Gasteiger partial charge in [0.1, 0.15) is 17.7 Å². The zero-order valence-corrected chi connectivity index (χ0v) is 20.4. The van der Waals surface area contributed by atoms with Gasteiger partial charge in [0, 0.05) is 39.9 Å². The Hall–Kier alpha value is -4.13. The molecule has 5 aromatic rings. The molecule has 0 bridgehead atoms. The van der Waals surface area contributed by atoms with Crippen molar-refractivity contribution in [3.63, 3.8) is 0 Å². The van der Waals surface area contributed by atoms with E-state index in [9.17, 15) is 13.6 Å². The SMILES string of the molecule is CCOC(=O)C1CC(c2c[nH]c3cc(F)ccc23)CC(c2c[nH]c3cc(F)ccc23)N1c1ccccc1. The van der Waals surface area contributed by atoms with Gasteiger partial charge >= 0.3 is 5.97 Å². The Balaban J connectivity index is 1.52. The second kappa shape index (κ2) is 9.39. The number of anilines is 1. The Morgan fingerprint density at radius 2 is 1.51 bits per heavy atom. The lowest BCUT2D eigenvalue weighted by Crippen LogP contribution is -2.49. The fraction of sp³-hybridized carbons (Fsp3) is 0.233. The lowest BCUT2D eigenvalue weighted by atomic mass is 9.79. The first kappa shape index (κ1) is 23.3. The Kier molecular flexibility index (Phi) is 5.91. The summed E-state index contributed by atoms with van der Waals surface area (Å²) in [6.45, 7) is 2.09. The number of carbonyl (C=O) groups excluding carboxylic acids is 1. The Morgan fingerprint density at radius 3 is 2.16 bits per heavy atom. The van der Waals surface area contributed by atoms with Gasteiger partial charge in [-0.2, -0.15) is 0 Å². The molecule has 1 fully saturated rings. The molecule has 7 heteroatoms. The predicted octanol–water partition coefficient (Wildman–Crippen LogP) is 6.98. The van der Waals surface area contributed by atoms with Crippen LogP contribution in [0.1, 0.15) is 42.9 Å². The highest BCUT2D eigenvalue weighted by atomic mass is 19.1. The first-order valence-electron chi connectivity index (χ1n) is 12.6. The molecule has 0 spiro atoms. The second-order valence-electron chi connectivity index (χ2n) is 9.56. The summed E-state index contributed by atoms with van der Waals surface area (Å²) in [4.78, 5) is 22.0. The largest absolute Gasteiger partial charge is 0.464 e. The van der Waals surface area contributed by atoms with Crippen LogP contribution in [0.4, 0.5) is 14.5 Å². The summed E-state index contributed by atoms with van der Waals surface area (Å²) in [5, 5.41) is 1.86. The van der Waals surface area contributed by atoms with E-state index < -0.39 is 6.04 Å². The molecule has 2 aromatic heterocycles. The van der Waals surface area contributed by atoms with Crippen molar-refractivity contribution in [3.8, 4) is 0 Å². The fourth-order valence-corrected chi connectivity index (χ4v) is 5.87. The third-order valence-electron chi connectivity index (χ3n) is 7.45. The maximum atomic E-state index is 14.0. The van der Waals surface area contributed by atoms with Crippen LogP contribution in [0.3, 0.4) is 0 Å². The number of nitrogens with one attached hydrogen (secondary N) is 2. The van der Waals surface area contributed by atoms with Crippen LogP contribution in [0.5, 0.6) is 0 Å². The van der Waals surface area contributed by atoms with Gasteiger partial charge in [-0.05, 0) is 85.3 Å². The topological polar surface area (TPSA) is 61.1 Å². The van der Waals surface area contributed by atoms with Crippen molar-refractivity contribution < 1.29 is 18.3 Å². The van der Waals surface area contributed by atoms with E-state index >= 15 is 0 Å². The molecular formula is C30H27F2N3O2. The molecule has 3 aromatic carbocycles. The summed E-state index contributed by atoms with van der Waals surface area (Å²) in [7, 11) is 0. The molecule has 0 aliphatic carbocycles. The maximum Gasteiger partial charge on any atom is 0.328 e. The van der Waals surface area contributed by atoms with Crippen molar-refractivity contribution in [2.24, 2.45) is 0 Å². The number of fused-ring (bicyclic) bond motifs is 2. The molecule has 6 rings (SSSR count). The van der Waals surface area contributed by atoms with Gasteiger partial charge in [0.2, 0.25) is 0 Å². The quantitative estimate of drug-likeness (QED) is 0.256. The van der Waals surface area contributed by atoms with E-state index in [4.69, 9.17) is 4.74 Å². The highest BCUT2D eigenvalue weighted by Gasteiger charge is 2.42. The van der Waals surface area contributed by atoms with Gasteiger partial charge in [0.25, 0.3) is 0 Å². The van der Waals surface area contributed by atoms with Crippen molar-refractivity contribution in [1.29, 1.82) is 0 Å². The number of aromatic amines is 2. The average molecular weight is 500 g/mol. The molecule has 0 saturated carbocycles. The van der Waals surface area contributed by atoms with Gasteiger partial charge in [0.15, 0.2) is 0 Å². The van der Waals surface area contributed by atoms with Crippen LogP contribution in [0, 0.1) is 11.6 Å². The van der Waals surface area contributed by atoms with E-state index in [0.29, 0.717) is 18.4 Å². The number of halogens is 2. The molecule has 3 unspecified atom stereocenters. The van der Waals surface area contributed by atoms with Crippen molar-refractivity contribution in [2.45, 2.75) is 37.8 Å². The van der Waals surface area contributed by atoms with E-state index in [2.05, 4.69) is 14.9 Å². The normalized spacial score (nSPS) is 20.0. The van der Waals surface area contributed by atoms with Gasteiger partial charge in [-0.25, -0.2) is 13.6 Å². The van der Waals surface area contributed by atoms with Crippen molar-refractivity contribution in [2.75, 3.05) is 11.5 Å². The van der Waals surface area contributed by atoms with Gasteiger partial charge in [-0.15, -0.1) is 0 Å². The van der Waals surface area contributed by atoms with E-state index in [1.807, 2.05) is 49.6 Å². The van der Waals surface area contributed by atoms with Crippen LogP contribution in [-0.4, -0.2) is 28.6 Å². The van der Waals surface area contributed by atoms with Crippen LogP contribution < -0.4 is 4.90 Å². The van der Waals surface area contributed by atoms with Gasteiger partial charge in [0.05, 0.1) is 12.6 Å². The zero-order chi connectivity index (χ0) is 25.5. The Labute approximate surface area is 213 Å². The molecule has 3 heterocycles. The number of hydrogen-bond acceptors (Lipinski definition) is 3. The fourth-order valence-electron chi connectivity index (χ4n) is 5.87. The summed E-state index contributed by atoms with van der Waals surface area (Å²) in [6.07, 6.45) is 5.10. The van der Waals surface area contributed by atoms with E-state index in [1.54, 1.807) is 12.1 Å². The van der Waals surface area contributed by atoms with Crippen LogP contribution in [-0.2, 0) is 9.53 Å². The van der Waals surface area contributed by atoms with Crippen molar-refractivity contribution in [3.05, 3.63) is 102 Å². The molecule has 37 heavy (non-hydrogen) atoms. The van der Waals surface area contributed by atoms with E-state index in [0.717, 1.165) is 33.1 Å². The molecule has 5 nitrogen and oxygen atoms in total. The second-order valence-corrected chi connectivity index (χ2v) is 9.56. The lowest BCUT2D eigenvalue weighted by molar-refractivity contribution is -0.145. The third kappa shape index (κ3) is 4.14. The molecule has 0 amide bonds. The van der Waals surface area contributed by atoms with Crippen LogP contribution >= 0.6 is 0 Å². The monoisotopic (exact) mass is 499 g/mol. The average Bonchev–Trinajstić information content (AvgIpc) is 3.52. The molecular weight excluding hydrogens is 472 g/mol. The number of rotatable bonds is 5. The molecule has 2 N–H and O–H groups in total. The number of benzene rings is 3. The number of para-hydroxylation sites is 1. The van der Waals surface area contributed by atoms with Crippen molar-refractivity contribution in [1.82, 2.24) is 9.97 Å². The van der Waals surface area contributed by atoms with E-state index in [-0.39, 0.29) is 36.2 Å². The predicted molar refractivity (Wildman–Crippen MR) is 141 cm³/mol. The minimum absolute atomic E-state index is 0.00368. The molecule has 1 saturated heterocycles. The minimum atomic E-state index is -0.540. The number of hydrogen-bond donors (Lipinski definition) is 2. The molecule has 1 aliphatic rings. The van der Waals surface area contributed by atoms with Gasteiger partial charge in [-0.3, -0.25) is 0 Å². The third-order valence-corrected chi connectivity index (χ3v) is 7.45. The first-order valence-corrected chi connectivity index (χ1v) is 12.6. The minimum Gasteiger partial charge on any atom is -0.464 e. The lowest BCUT2D eigenvalue weighted by Gasteiger charge is -2.45. The number of nitrogens with zero attached hydrogens (tertiary/aromatic N) is 1. The summed E-state index contributed by atoms with van der Waals surface area (Å²) in [5.74, 6) is -0.882. The molecule has 0 radical (unpaired) electrons. The number of ether oxygens (including phenoxy) is 1. The first-order chi connectivity index (χ1) is 18.0. The number of H-pyrrole nitrogens is 2. The summed E-state index contributed by atoms with van der Waals surface area (Å²) < 4.78 is 33.4. The summed E-state index contributed by atoms with van der Waals surface area (Å²) in [5.41, 5.74) is 4.39.